The van der Waals surface area contributed by atoms with Crippen LogP contribution in [0.5, 0.6) is 0 Å². The number of carbonyl (C=O) groups excluding carboxylic acids is 2. The number of halogens is 2. The zero-order valence-corrected chi connectivity index (χ0v) is 25.8. The zero-order valence-electron chi connectivity index (χ0n) is 25.0. The molecule has 0 radical (unpaired) electrons. The number of nitrogens with zero attached hydrogens (tertiary/aromatic N) is 1. The van der Waals surface area contributed by atoms with Crippen LogP contribution in [-0.4, -0.2) is 70.6 Å². The lowest BCUT2D eigenvalue weighted by Gasteiger charge is -2.36. The number of benzene rings is 2. The fraction of sp³-hybridized carbons (Fsp3) is 0.562. The minimum atomic E-state index is -1.02. The second kappa shape index (κ2) is 16.3. The molecule has 0 aromatic heterocycles. The van der Waals surface area contributed by atoms with Crippen molar-refractivity contribution in [3.05, 3.63) is 71.3 Å². The highest BCUT2D eigenvalue weighted by Crippen LogP contribution is 2.30. The van der Waals surface area contributed by atoms with E-state index in [9.17, 15) is 22.6 Å². The molecule has 2 aromatic carbocycles. The molecular weight excluding hydrogens is 574 g/mol. The first-order chi connectivity index (χ1) is 20.8. The van der Waals surface area contributed by atoms with Crippen LogP contribution >= 0.6 is 0 Å². The maximum atomic E-state index is 13.5. The first kappa shape index (κ1) is 33.0. The molecule has 1 aliphatic carbocycles. The highest BCUT2D eigenvalue weighted by Gasteiger charge is 2.35. The molecule has 2 bridgehead atoms. The van der Waals surface area contributed by atoms with Crippen molar-refractivity contribution >= 4 is 23.0 Å². The van der Waals surface area contributed by atoms with E-state index in [1.165, 1.54) is 37.8 Å². The molecule has 3 fully saturated rings. The van der Waals surface area contributed by atoms with Crippen molar-refractivity contribution in [2.75, 3.05) is 26.0 Å². The normalized spacial score (nSPS) is 24.6. The van der Waals surface area contributed by atoms with Crippen LogP contribution in [0, 0.1) is 11.6 Å². The molecule has 2 amide bonds. The molecule has 11 heteroatoms. The Morgan fingerprint density at radius 3 is 2.14 bits per heavy atom. The average molecular weight is 619 g/mol. The van der Waals surface area contributed by atoms with E-state index >= 15 is 0 Å². The van der Waals surface area contributed by atoms with Gasteiger partial charge in [-0.25, -0.2) is 22.1 Å². The van der Waals surface area contributed by atoms with Gasteiger partial charge in [0, 0.05) is 42.9 Å². The molecule has 4 unspecified atom stereocenters. The van der Waals surface area contributed by atoms with Crippen LogP contribution in [0.3, 0.4) is 0 Å². The second-order valence-corrected chi connectivity index (χ2v) is 13.0. The molecule has 236 valence electrons. The van der Waals surface area contributed by atoms with Gasteiger partial charge in [0.2, 0.25) is 5.91 Å². The molecule has 1 saturated carbocycles. The van der Waals surface area contributed by atoms with Gasteiger partial charge in [0.15, 0.2) is 0 Å². The molecular formula is C32H44F2N4O4S. The summed E-state index contributed by atoms with van der Waals surface area (Å²) in [4.78, 5) is 25.3. The molecule has 3 aliphatic rings. The van der Waals surface area contributed by atoms with Gasteiger partial charge in [-0.05, 0) is 67.5 Å². The van der Waals surface area contributed by atoms with E-state index in [4.69, 9.17) is 4.74 Å². The van der Waals surface area contributed by atoms with E-state index in [2.05, 4.69) is 27.2 Å². The van der Waals surface area contributed by atoms with E-state index in [1.54, 1.807) is 24.3 Å². The van der Waals surface area contributed by atoms with Gasteiger partial charge in [-0.15, -0.1) is 0 Å². The smallest absolute Gasteiger partial charge is 0.407 e. The summed E-state index contributed by atoms with van der Waals surface area (Å²) in [5, 5.41) is 9.19. The molecule has 5 atom stereocenters. The summed E-state index contributed by atoms with van der Waals surface area (Å²) in [6.45, 7) is 4.19. The van der Waals surface area contributed by atoms with Crippen molar-refractivity contribution in [3.8, 4) is 0 Å². The van der Waals surface area contributed by atoms with Crippen LogP contribution in [0.4, 0.5) is 13.6 Å². The van der Waals surface area contributed by atoms with Crippen molar-refractivity contribution in [1.82, 2.24) is 20.3 Å². The third kappa shape index (κ3) is 9.30. The Morgan fingerprint density at radius 1 is 0.977 bits per heavy atom. The standard InChI is InChI=1S/C23H26F2N2O3.C9H18N2OS/c1-30-23(29)27-21(22(28)26-19-5-3-2-4-6-19)20(15-7-11-17(24)12-8-15)16-9-13-18(25)14-10-16;1-2-9-6-10-8-4-3-5-13(12)11(9)7-8/h7-14,19-21H,2-6H2,1H3,(H,26,28)(H,27,29);8-10H,2-7H2,1H3/t;8-,9?,13?/m.1/s1. The zero-order chi connectivity index (χ0) is 30.8. The highest BCUT2D eigenvalue weighted by molar-refractivity contribution is 7.82. The Hall–Kier alpha value is -2.89. The van der Waals surface area contributed by atoms with Crippen LogP contribution in [0.25, 0.3) is 0 Å². The molecule has 3 N–H and O–H groups in total. The molecule has 2 aliphatic heterocycles. The summed E-state index contributed by atoms with van der Waals surface area (Å²) < 4.78 is 45.8. The number of nitrogens with one attached hydrogen (secondary N) is 3. The number of carbonyl (C=O) groups is 2. The van der Waals surface area contributed by atoms with Gasteiger partial charge in [0.05, 0.1) is 18.1 Å². The van der Waals surface area contributed by atoms with E-state index in [-0.39, 0.29) is 11.9 Å². The molecule has 2 aromatic rings. The number of ether oxygens (including phenoxy) is 1. The number of methoxy groups -OCH3 is 1. The topological polar surface area (TPSA) is 99.8 Å². The van der Waals surface area contributed by atoms with Gasteiger partial charge in [0.1, 0.15) is 17.7 Å². The van der Waals surface area contributed by atoms with Gasteiger partial charge in [0.25, 0.3) is 0 Å². The van der Waals surface area contributed by atoms with Gasteiger partial charge in [-0.2, -0.15) is 0 Å². The van der Waals surface area contributed by atoms with Crippen LogP contribution in [0.1, 0.15) is 75.3 Å². The maximum Gasteiger partial charge on any atom is 0.407 e. The van der Waals surface area contributed by atoms with Crippen LogP contribution < -0.4 is 16.0 Å². The van der Waals surface area contributed by atoms with E-state index in [1.807, 2.05) is 0 Å². The third-order valence-electron chi connectivity index (χ3n) is 8.54. The lowest BCUT2D eigenvalue weighted by molar-refractivity contribution is -0.124. The Labute approximate surface area is 255 Å². The van der Waals surface area contributed by atoms with Gasteiger partial charge >= 0.3 is 6.09 Å². The fourth-order valence-corrected chi connectivity index (χ4v) is 7.69. The molecule has 43 heavy (non-hydrogen) atoms. The average Bonchev–Trinajstić information content (AvgIpc) is 3.17. The van der Waals surface area contributed by atoms with E-state index < -0.39 is 40.7 Å². The molecule has 8 nitrogen and oxygen atoms in total. The number of hydrogen-bond donors (Lipinski definition) is 3. The number of alkyl carbamates (subject to hydrolysis) is 1. The van der Waals surface area contributed by atoms with Crippen molar-refractivity contribution in [1.29, 1.82) is 0 Å². The highest BCUT2D eigenvalue weighted by atomic mass is 32.2. The van der Waals surface area contributed by atoms with Gasteiger partial charge < -0.3 is 20.7 Å². The van der Waals surface area contributed by atoms with Crippen molar-refractivity contribution in [2.45, 2.75) is 88.4 Å². The summed E-state index contributed by atoms with van der Waals surface area (Å²) in [5.74, 6) is -0.976. The Bertz CT molecular complexity index is 1170. The molecule has 0 spiro atoms. The molecule has 5 rings (SSSR count). The number of amides is 2. The fourth-order valence-electron chi connectivity index (χ4n) is 6.14. The quantitative estimate of drug-likeness (QED) is 0.416. The Morgan fingerprint density at radius 2 is 1.58 bits per heavy atom. The first-order valence-electron chi connectivity index (χ1n) is 15.3. The summed E-state index contributed by atoms with van der Waals surface area (Å²) in [7, 11) is 0.517. The summed E-state index contributed by atoms with van der Waals surface area (Å²) in [6.07, 6.45) is 7.64. The number of hydrogen-bond acceptors (Lipinski definition) is 5. The van der Waals surface area contributed by atoms with Crippen LogP contribution in [-0.2, 0) is 20.5 Å². The van der Waals surface area contributed by atoms with Crippen molar-refractivity contribution in [3.63, 3.8) is 0 Å². The van der Waals surface area contributed by atoms with Crippen molar-refractivity contribution in [2.24, 2.45) is 0 Å². The van der Waals surface area contributed by atoms with Crippen molar-refractivity contribution < 1.29 is 27.3 Å². The largest absolute Gasteiger partial charge is 0.453 e. The third-order valence-corrected chi connectivity index (χ3v) is 10.1. The SMILES string of the molecule is CCC1CN[C@@H]2CCCS(=O)N1C2.COC(=O)NC(C(=O)NC1CCCCC1)C(c1ccc(F)cc1)c1ccc(F)cc1. The predicted octanol–water partition coefficient (Wildman–Crippen LogP) is 4.77. The maximum absolute atomic E-state index is 13.5. The minimum absolute atomic E-state index is 0.0373. The molecule has 2 saturated heterocycles. The summed E-state index contributed by atoms with van der Waals surface area (Å²) >= 11 is 0. The number of piperazine rings is 1. The molecule has 2 heterocycles. The van der Waals surface area contributed by atoms with E-state index in [0.29, 0.717) is 23.2 Å². The summed E-state index contributed by atoms with van der Waals surface area (Å²) in [6, 6.07) is 11.5. The monoisotopic (exact) mass is 618 g/mol. The minimum Gasteiger partial charge on any atom is -0.453 e. The summed E-state index contributed by atoms with van der Waals surface area (Å²) in [5.41, 5.74) is 1.23. The predicted molar refractivity (Wildman–Crippen MR) is 164 cm³/mol. The first-order valence-corrected chi connectivity index (χ1v) is 16.6. The number of fused-ring (bicyclic) bond motifs is 2. The Balaban J connectivity index is 0.000000269. The van der Waals surface area contributed by atoms with Gasteiger partial charge in [-0.3, -0.25) is 4.79 Å². The number of rotatable bonds is 7. The van der Waals surface area contributed by atoms with E-state index in [0.717, 1.165) is 63.8 Å². The van der Waals surface area contributed by atoms with Crippen LogP contribution in [0.2, 0.25) is 0 Å². The van der Waals surface area contributed by atoms with Crippen LogP contribution in [0.15, 0.2) is 48.5 Å². The lowest BCUT2D eigenvalue weighted by Crippen LogP contribution is -2.55. The Kier molecular flexibility index (Phi) is 12.5. The lowest BCUT2D eigenvalue weighted by atomic mass is 9.84. The second-order valence-electron chi connectivity index (χ2n) is 11.5. The van der Waals surface area contributed by atoms with Gasteiger partial charge in [-0.1, -0.05) is 50.5 Å².